The molecule has 1 amide bonds. The first-order valence-corrected chi connectivity index (χ1v) is 13.2. The Balaban J connectivity index is 1.58. The number of benzene rings is 4. The maximum Gasteiger partial charge on any atom is 0.301 e. The van der Waals surface area contributed by atoms with Gasteiger partial charge in [0.1, 0.15) is 5.69 Å². The fourth-order valence-corrected chi connectivity index (χ4v) is 5.81. The number of nitrogens with zero attached hydrogens (tertiary/aromatic N) is 4. The zero-order chi connectivity index (χ0) is 28.1. The van der Waals surface area contributed by atoms with Gasteiger partial charge in [0, 0.05) is 6.07 Å². The van der Waals surface area contributed by atoms with Gasteiger partial charge in [-0.2, -0.15) is 0 Å². The number of rotatable bonds is 8. The largest absolute Gasteiger partial charge is 0.301 e. The van der Waals surface area contributed by atoms with E-state index in [0.29, 0.717) is 5.17 Å². The van der Waals surface area contributed by atoms with Crippen molar-refractivity contribution in [1.82, 2.24) is 4.90 Å². The third-order valence-electron chi connectivity index (χ3n) is 6.43. The second-order valence-corrected chi connectivity index (χ2v) is 10.1. The van der Waals surface area contributed by atoms with Crippen molar-refractivity contribution in [2.75, 3.05) is 5.43 Å². The number of anilines is 1. The molecule has 1 fully saturated rings. The van der Waals surface area contributed by atoms with Crippen LogP contribution >= 0.6 is 11.8 Å². The van der Waals surface area contributed by atoms with Crippen LogP contribution in [-0.4, -0.2) is 25.8 Å². The first-order valence-electron chi connectivity index (χ1n) is 12.3. The molecule has 0 spiro atoms. The summed E-state index contributed by atoms with van der Waals surface area (Å²) in [6, 6.07) is 31.9. The maximum atomic E-state index is 14.3. The van der Waals surface area contributed by atoms with E-state index in [-0.39, 0.29) is 23.4 Å². The lowest BCUT2D eigenvalue weighted by Crippen LogP contribution is -2.44. The Kier molecular flexibility index (Phi) is 7.83. The normalized spacial score (nSPS) is 17.9. The number of hydrazone groups is 1. The van der Waals surface area contributed by atoms with Gasteiger partial charge in [-0.05, 0) is 22.8 Å². The molecule has 2 unspecified atom stereocenters. The number of thioether (sulfide) groups is 1. The van der Waals surface area contributed by atoms with Crippen LogP contribution in [0.4, 0.5) is 17.1 Å². The Bertz CT molecular complexity index is 1570. The molecule has 10 nitrogen and oxygen atoms in total. The highest BCUT2D eigenvalue weighted by Crippen LogP contribution is 2.48. The third-order valence-corrected chi connectivity index (χ3v) is 7.75. The summed E-state index contributed by atoms with van der Waals surface area (Å²) in [5, 5.41) is 27.3. The number of amidine groups is 1. The van der Waals surface area contributed by atoms with E-state index in [9.17, 15) is 25.0 Å². The van der Waals surface area contributed by atoms with Crippen molar-refractivity contribution >= 4 is 39.9 Å². The Morgan fingerprint density at radius 2 is 1.40 bits per heavy atom. The SMILES string of the molecule is O=C1C(c2ccccc2)C(c2ccccc2)SC(=NNc2ccc([N+](=O)[O-])cc2[N+](=O)[O-])N1Cc1ccccc1. The minimum Gasteiger partial charge on any atom is -0.285 e. The minimum absolute atomic E-state index is 0.0303. The minimum atomic E-state index is -0.714. The molecule has 1 saturated heterocycles. The molecule has 1 heterocycles. The average Bonchev–Trinajstić information content (AvgIpc) is 2.98. The number of hydrogen-bond donors (Lipinski definition) is 1. The molecule has 0 aromatic heterocycles. The number of nitro benzene ring substituents is 2. The first kappa shape index (κ1) is 26.6. The highest BCUT2D eigenvalue weighted by molar-refractivity contribution is 8.14. The van der Waals surface area contributed by atoms with Crippen LogP contribution in [0.5, 0.6) is 0 Å². The second kappa shape index (κ2) is 11.8. The summed E-state index contributed by atoms with van der Waals surface area (Å²) >= 11 is 1.37. The summed E-state index contributed by atoms with van der Waals surface area (Å²) in [6.07, 6.45) is 0. The fraction of sp³-hybridized carbons (Fsp3) is 0.103. The summed E-state index contributed by atoms with van der Waals surface area (Å²) in [4.78, 5) is 37.2. The zero-order valence-electron chi connectivity index (χ0n) is 21.0. The lowest BCUT2D eigenvalue weighted by molar-refractivity contribution is -0.393. The number of nitrogens with one attached hydrogen (secondary N) is 1. The van der Waals surface area contributed by atoms with Crippen molar-refractivity contribution in [1.29, 1.82) is 0 Å². The third kappa shape index (κ3) is 5.69. The molecule has 200 valence electrons. The van der Waals surface area contributed by atoms with E-state index in [1.807, 2.05) is 91.0 Å². The predicted octanol–water partition coefficient (Wildman–Crippen LogP) is 6.49. The van der Waals surface area contributed by atoms with E-state index < -0.39 is 27.1 Å². The molecule has 1 aliphatic rings. The predicted molar refractivity (Wildman–Crippen MR) is 154 cm³/mol. The topological polar surface area (TPSA) is 131 Å². The Morgan fingerprint density at radius 3 is 2.00 bits per heavy atom. The Hall–Kier alpha value is -5.03. The second-order valence-electron chi connectivity index (χ2n) is 8.97. The van der Waals surface area contributed by atoms with Gasteiger partial charge < -0.3 is 0 Å². The summed E-state index contributed by atoms with van der Waals surface area (Å²) in [6.45, 7) is 0.236. The van der Waals surface area contributed by atoms with Crippen LogP contribution in [0.3, 0.4) is 0 Å². The van der Waals surface area contributed by atoms with Crippen LogP contribution < -0.4 is 5.43 Å². The highest BCUT2D eigenvalue weighted by atomic mass is 32.2. The summed E-state index contributed by atoms with van der Waals surface area (Å²) < 4.78 is 0. The maximum absolute atomic E-state index is 14.3. The van der Waals surface area contributed by atoms with Crippen LogP contribution in [0, 0.1) is 20.2 Å². The van der Waals surface area contributed by atoms with Crippen LogP contribution in [0.15, 0.2) is 114 Å². The zero-order valence-corrected chi connectivity index (χ0v) is 21.8. The molecular weight excluding hydrogens is 530 g/mol. The first-order chi connectivity index (χ1) is 19.4. The molecule has 0 bridgehead atoms. The smallest absolute Gasteiger partial charge is 0.285 e. The van der Waals surface area contributed by atoms with E-state index in [0.717, 1.165) is 28.8 Å². The number of carbonyl (C=O) groups excluding carboxylic acids is 1. The van der Waals surface area contributed by atoms with Gasteiger partial charge >= 0.3 is 5.69 Å². The van der Waals surface area contributed by atoms with Crippen molar-refractivity contribution in [3.8, 4) is 0 Å². The Morgan fingerprint density at radius 1 is 0.800 bits per heavy atom. The van der Waals surface area contributed by atoms with E-state index in [1.165, 1.54) is 17.8 Å². The molecule has 0 aliphatic carbocycles. The van der Waals surface area contributed by atoms with Gasteiger partial charge in [-0.15, -0.1) is 5.10 Å². The van der Waals surface area contributed by atoms with Gasteiger partial charge in [0.2, 0.25) is 5.91 Å². The molecule has 5 rings (SSSR count). The molecule has 1 aliphatic heterocycles. The van der Waals surface area contributed by atoms with Crippen molar-refractivity contribution in [3.05, 3.63) is 146 Å². The van der Waals surface area contributed by atoms with Crippen molar-refractivity contribution in [2.24, 2.45) is 5.10 Å². The van der Waals surface area contributed by atoms with E-state index in [1.54, 1.807) is 4.90 Å². The summed E-state index contributed by atoms with van der Waals surface area (Å²) in [5.74, 6) is -0.675. The van der Waals surface area contributed by atoms with Gasteiger partial charge in [0.15, 0.2) is 5.17 Å². The monoisotopic (exact) mass is 553 g/mol. The molecular formula is C29H23N5O5S. The summed E-state index contributed by atoms with van der Waals surface area (Å²) in [5.41, 5.74) is 4.45. The van der Waals surface area contributed by atoms with Gasteiger partial charge in [-0.3, -0.25) is 35.3 Å². The molecule has 0 saturated carbocycles. The van der Waals surface area contributed by atoms with Crippen LogP contribution in [0.25, 0.3) is 0 Å². The van der Waals surface area contributed by atoms with Crippen molar-refractivity contribution < 1.29 is 14.6 Å². The number of carbonyl (C=O) groups is 1. The van der Waals surface area contributed by atoms with Crippen LogP contribution in [0.1, 0.15) is 27.9 Å². The molecule has 4 aromatic rings. The van der Waals surface area contributed by atoms with Crippen LogP contribution in [0.2, 0.25) is 0 Å². The number of non-ortho nitro benzene ring substituents is 1. The highest BCUT2D eigenvalue weighted by Gasteiger charge is 2.42. The molecule has 40 heavy (non-hydrogen) atoms. The van der Waals surface area contributed by atoms with E-state index in [4.69, 9.17) is 0 Å². The lowest BCUT2D eigenvalue weighted by Gasteiger charge is -2.38. The molecule has 2 atom stereocenters. The standard InChI is InChI=1S/C29H23N5O5S/c35-28-26(21-12-6-2-7-13-21)27(22-14-8-3-9-15-22)40-29(32(28)19-20-10-4-1-5-11-20)31-30-24-17-16-23(33(36)37)18-25(24)34(38)39/h1-18,26-27,30H,19H2. The summed E-state index contributed by atoms with van der Waals surface area (Å²) in [7, 11) is 0. The van der Waals surface area contributed by atoms with E-state index in [2.05, 4.69) is 10.5 Å². The van der Waals surface area contributed by atoms with Crippen molar-refractivity contribution in [2.45, 2.75) is 17.7 Å². The van der Waals surface area contributed by atoms with Gasteiger partial charge in [0.25, 0.3) is 5.69 Å². The molecule has 4 aromatic carbocycles. The van der Waals surface area contributed by atoms with Crippen LogP contribution in [-0.2, 0) is 11.3 Å². The fourth-order valence-electron chi connectivity index (χ4n) is 4.50. The number of nitro groups is 2. The van der Waals surface area contributed by atoms with Gasteiger partial charge in [-0.25, -0.2) is 0 Å². The molecule has 11 heteroatoms. The van der Waals surface area contributed by atoms with Crippen molar-refractivity contribution in [3.63, 3.8) is 0 Å². The quantitative estimate of drug-likeness (QED) is 0.195. The van der Waals surface area contributed by atoms with Gasteiger partial charge in [-0.1, -0.05) is 103 Å². The Labute approximate surface area is 233 Å². The molecule has 1 N–H and O–H groups in total. The molecule has 0 radical (unpaired) electrons. The lowest BCUT2D eigenvalue weighted by atomic mass is 9.89. The van der Waals surface area contributed by atoms with Gasteiger partial charge in [0.05, 0.1) is 33.6 Å². The van der Waals surface area contributed by atoms with E-state index >= 15 is 0 Å². The average molecular weight is 554 g/mol. The number of amides is 1. The number of hydrogen-bond acceptors (Lipinski definition) is 8.